The Kier molecular flexibility index (Phi) is 6.64. The molecule has 2 aromatic carbocycles. The van der Waals surface area contributed by atoms with E-state index in [0.717, 1.165) is 22.3 Å². The molecule has 3 rings (SSSR count). The van der Waals surface area contributed by atoms with Gasteiger partial charge in [0.05, 0.1) is 5.41 Å². The number of alkyl carbamates (subject to hydrolysis) is 1. The van der Waals surface area contributed by atoms with Gasteiger partial charge in [-0.05, 0) is 43.0 Å². The molecular weight excluding hydrogens is 453 g/mol. The third-order valence-corrected chi connectivity index (χ3v) is 5.99. The number of carbonyl (C=O) groups is 3. The Balaban J connectivity index is 1.73. The van der Waals surface area contributed by atoms with Gasteiger partial charge in [-0.15, -0.1) is 0 Å². The van der Waals surface area contributed by atoms with Crippen LogP contribution in [0, 0.1) is 5.41 Å². The molecule has 1 atom stereocenters. The average molecular weight is 478 g/mol. The van der Waals surface area contributed by atoms with Gasteiger partial charge in [0.15, 0.2) is 0 Å². The number of aliphatic carboxylic acids is 1. The fourth-order valence-corrected chi connectivity index (χ4v) is 3.65. The lowest BCUT2D eigenvalue weighted by molar-refractivity contribution is -0.194. The number of benzene rings is 2. The summed E-state index contributed by atoms with van der Waals surface area (Å²) in [7, 11) is 0. The number of carboxylic acid groups (broad SMARTS) is 1. The monoisotopic (exact) mass is 478 g/mol. The molecule has 0 saturated heterocycles. The Hall–Kier alpha value is -3.56. The molecule has 0 saturated carbocycles. The number of hydrogen-bond acceptors (Lipinski definition) is 4. The number of rotatable bonds is 7. The van der Waals surface area contributed by atoms with Crippen LogP contribution in [-0.2, 0) is 14.3 Å². The molecule has 0 bridgehead atoms. The summed E-state index contributed by atoms with van der Waals surface area (Å²) in [6.07, 6.45) is -6.59. The standard InChI is InChI=1S/C24H25F3N2O5/c1-22(2,20(31)32)13-28-19(30)23(3,24(25,26)27)29-21(33)34-12-18-16-10-6-4-8-14(16)15-9-5-7-11-17(15)18/h4-11,18H,12-13H2,1-3H3,(H,28,30)(H,29,33)(H,31,32). The van der Waals surface area contributed by atoms with Crippen LogP contribution in [0.5, 0.6) is 0 Å². The molecule has 3 N–H and O–H groups in total. The first-order chi connectivity index (χ1) is 15.8. The van der Waals surface area contributed by atoms with E-state index in [1.54, 1.807) is 5.32 Å². The Morgan fingerprint density at radius 2 is 1.44 bits per heavy atom. The van der Waals surface area contributed by atoms with Crippen LogP contribution in [0.4, 0.5) is 18.0 Å². The first-order valence-electron chi connectivity index (χ1n) is 10.5. The molecule has 0 heterocycles. The lowest BCUT2D eigenvalue weighted by Crippen LogP contribution is -2.66. The van der Waals surface area contributed by atoms with Crippen LogP contribution < -0.4 is 10.6 Å². The minimum atomic E-state index is -5.17. The average Bonchev–Trinajstić information content (AvgIpc) is 3.09. The van der Waals surface area contributed by atoms with Crippen LogP contribution in [0.15, 0.2) is 48.5 Å². The summed E-state index contributed by atoms with van der Waals surface area (Å²) in [5.41, 5.74) is -1.18. The van der Waals surface area contributed by atoms with E-state index >= 15 is 0 Å². The van der Waals surface area contributed by atoms with Crippen molar-refractivity contribution in [2.75, 3.05) is 13.2 Å². The van der Waals surface area contributed by atoms with Gasteiger partial charge in [0.2, 0.25) is 5.54 Å². The summed E-state index contributed by atoms with van der Waals surface area (Å²) in [6, 6.07) is 14.9. The predicted molar refractivity (Wildman–Crippen MR) is 117 cm³/mol. The number of hydrogen-bond donors (Lipinski definition) is 3. The molecule has 2 aromatic rings. The molecule has 0 radical (unpaired) electrons. The Morgan fingerprint density at radius 1 is 0.941 bits per heavy atom. The largest absolute Gasteiger partial charge is 0.481 e. The van der Waals surface area contributed by atoms with E-state index in [1.165, 1.54) is 13.8 Å². The molecule has 0 aromatic heterocycles. The summed E-state index contributed by atoms with van der Waals surface area (Å²) in [5.74, 6) is -3.27. The van der Waals surface area contributed by atoms with Crippen molar-refractivity contribution >= 4 is 18.0 Å². The molecule has 34 heavy (non-hydrogen) atoms. The molecule has 0 fully saturated rings. The summed E-state index contributed by atoms with van der Waals surface area (Å²) in [4.78, 5) is 36.0. The molecule has 0 spiro atoms. The molecule has 1 unspecified atom stereocenters. The summed E-state index contributed by atoms with van der Waals surface area (Å²) >= 11 is 0. The maximum absolute atomic E-state index is 13.8. The zero-order chi connectivity index (χ0) is 25.3. The van der Waals surface area contributed by atoms with Gasteiger partial charge in [0.25, 0.3) is 5.91 Å². The normalized spacial score (nSPS) is 15.0. The van der Waals surface area contributed by atoms with Gasteiger partial charge in [0, 0.05) is 12.5 Å². The maximum Gasteiger partial charge on any atom is 0.420 e. The SMILES string of the molecule is CC(C)(CNC(=O)C(C)(NC(=O)OCC1c2ccccc2-c2ccccc21)C(F)(F)F)C(=O)O. The molecule has 2 amide bonds. The summed E-state index contributed by atoms with van der Waals surface area (Å²) in [6.45, 7) is 2.19. The Bertz CT molecular complexity index is 1070. The van der Waals surface area contributed by atoms with Gasteiger partial charge < -0.3 is 15.2 Å². The zero-order valence-corrected chi connectivity index (χ0v) is 18.8. The highest BCUT2D eigenvalue weighted by molar-refractivity contribution is 5.91. The highest BCUT2D eigenvalue weighted by Crippen LogP contribution is 2.44. The smallest absolute Gasteiger partial charge is 0.420 e. The van der Waals surface area contributed by atoms with E-state index in [-0.39, 0.29) is 12.5 Å². The van der Waals surface area contributed by atoms with Gasteiger partial charge in [-0.25, -0.2) is 4.79 Å². The van der Waals surface area contributed by atoms with E-state index in [2.05, 4.69) is 0 Å². The highest BCUT2D eigenvalue weighted by atomic mass is 19.4. The van der Waals surface area contributed by atoms with Crippen molar-refractivity contribution in [1.29, 1.82) is 0 Å². The van der Waals surface area contributed by atoms with Gasteiger partial charge in [0.1, 0.15) is 6.61 Å². The summed E-state index contributed by atoms with van der Waals surface area (Å²) < 4.78 is 46.5. The van der Waals surface area contributed by atoms with Crippen molar-refractivity contribution < 1.29 is 37.4 Å². The topological polar surface area (TPSA) is 105 Å². The second-order valence-electron chi connectivity index (χ2n) is 8.95. The number of nitrogens with one attached hydrogen (secondary N) is 2. The van der Waals surface area contributed by atoms with Crippen molar-refractivity contribution in [2.24, 2.45) is 5.41 Å². The van der Waals surface area contributed by atoms with Crippen LogP contribution in [0.3, 0.4) is 0 Å². The molecule has 182 valence electrons. The lowest BCUT2D eigenvalue weighted by atomic mass is 9.92. The Labute approximate surface area is 194 Å². The van der Waals surface area contributed by atoms with E-state index in [9.17, 15) is 27.6 Å². The minimum absolute atomic E-state index is 0.235. The second kappa shape index (κ2) is 9.00. The predicted octanol–water partition coefficient (Wildman–Crippen LogP) is 4.07. The second-order valence-corrected chi connectivity index (χ2v) is 8.95. The van der Waals surface area contributed by atoms with E-state index in [4.69, 9.17) is 9.84 Å². The molecule has 10 heteroatoms. The Morgan fingerprint density at radius 3 is 1.91 bits per heavy atom. The number of carboxylic acids is 1. The van der Waals surface area contributed by atoms with Crippen molar-refractivity contribution in [1.82, 2.24) is 10.6 Å². The minimum Gasteiger partial charge on any atom is -0.481 e. The van der Waals surface area contributed by atoms with Crippen molar-refractivity contribution in [3.05, 3.63) is 59.7 Å². The van der Waals surface area contributed by atoms with Crippen LogP contribution in [-0.4, -0.2) is 47.9 Å². The fraction of sp³-hybridized carbons (Fsp3) is 0.375. The number of halogens is 3. The van der Waals surface area contributed by atoms with Gasteiger partial charge in [-0.1, -0.05) is 48.5 Å². The highest BCUT2D eigenvalue weighted by Gasteiger charge is 2.58. The zero-order valence-electron chi connectivity index (χ0n) is 18.8. The first kappa shape index (κ1) is 25.1. The van der Waals surface area contributed by atoms with Gasteiger partial charge in [-0.2, -0.15) is 13.2 Å². The quantitative estimate of drug-likeness (QED) is 0.557. The van der Waals surface area contributed by atoms with Gasteiger partial charge >= 0.3 is 18.2 Å². The van der Waals surface area contributed by atoms with Crippen LogP contribution >= 0.6 is 0 Å². The van der Waals surface area contributed by atoms with E-state index in [0.29, 0.717) is 6.92 Å². The van der Waals surface area contributed by atoms with Crippen LogP contribution in [0.25, 0.3) is 11.1 Å². The number of ether oxygens (including phenoxy) is 1. The molecular formula is C24H25F3N2O5. The van der Waals surface area contributed by atoms with E-state index in [1.807, 2.05) is 53.8 Å². The number of fused-ring (bicyclic) bond motifs is 3. The molecule has 1 aliphatic rings. The molecule has 0 aliphatic heterocycles. The third-order valence-electron chi connectivity index (χ3n) is 5.99. The van der Waals surface area contributed by atoms with E-state index < -0.39 is 41.6 Å². The van der Waals surface area contributed by atoms with Gasteiger partial charge in [-0.3, -0.25) is 14.9 Å². The fourth-order valence-electron chi connectivity index (χ4n) is 3.65. The van der Waals surface area contributed by atoms with Crippen LogP contribution in [0.1, 0.15) is 37.8 Å². The number of amides is 2. The number of alkyl halides is 3. The lowest BCUT2D eigenvalue weighted by Gasteiger charge is -2.32. The van der Waals surface area contributed by atoms with Crippen molar-refractivity contribution in [3.8, 4) is 11.1 Å². The molecule has 1 aliphatic carbocycles. The number of carbonyl (C=O) groups excluding carboxylic acids is 2. The van der Waals surface area contributed by atoms with Crippen molar-refractivity contribution in [2.45, 2.75) is 38.4 Å². The molecule has 7 nitrogen and oxygen atoms in total. The van der Waals surface area contributed by atoms with Crippen molar-refractivity contribution in [3.63, 3.8) is 0 Å². The summed E-state index contributed by atoms with van der Waals surface area (Å²) in [5, 5.41) is 12.7. The first-order valence-corrected chi connectivity index (χ1v) is 10.5. The third kappa shape index (κ3) is 4.71. The van der Waals surface area contributed by atoms with Crippen LogP contribution in [0.2, 0.25) is 0 Å². The maximum atomic E-state index is 13.8.